The minimum Gasteiger partial charge on any atom is -0.323 e. The number of H-pyrrole nitrogens is 1. The van der Waals surface area contributed by atoms with Gasteiger partial charge in [-0.1, -0.05) is 0 Å². The van der Waals surface area contributed by atoms with E-state index in [1.807, 2.05) is 31.3 Å². The van der Waals surface area contributed by atoms with Crippen molar-refractivity contribution in [1.82, 2.24) is 24.8 Å². The van der Waals surface area contributed by atoms with Crippen LogP contribution in [0.15, 0.2) is 30.6 Å². The van der Waals surface area contributed by atoms with E-state index in [9.17, 15) is 0 Å². The SMILES string of the molecule is Cc1cc(Nc2ccn3nccc3n2)n[nH]1. The summed E-state index contributed by atoms with van der Waals surface area (Å²) in [5, 5.41) is 14.1. The zero-order chi connectivity index (χ0) is 11.0. The first-order chi connectivity index (χ1) is 7.81. The van der Waals surface area contributed by atoms with E-state index in [0.29, 0.717) is 0 Å². The second-order valence-electron chi connectivity index (χ2n) is 3.51. The van der Waals surface area contributed by atoms with Gasteiger partial charge in [0, 0.05) is 24.0 Å². The van der Waals surface area contributed by atoms with Gasteiger partial charge in [-0.25, -0.2) is 9.50 Å². The Morgan fingerprint density at radius 3 is 3.06 bits per heavy atom. The molecule has 3 heterocycles. The molecule has 3 aromatic rings. The zero-order valence-corrected chi connectivity index (χ0v) is 8.68. The van der Waals surface area contributed by atoms with Gasteiger partial charge in [-0.3, -0.25) is 5.10 Å². The fourth-order valence-electron chi connectivity index (χ4n) is 1.50. The Bertz CT molecular complexity index is 623. The molecule has 2 N–H and O–H groups in total. The molecule has 16 heavy (non-hydrogen) atoms. The summed E-state index contributed by atoms with van der Waals surface area (Å²) >= 11 is 0. The number of fused-ring (bicyclic) bond motifs is 1. The van der Waals surface area contributed by atoms with Crippen molar-refractivity contribution >= 4 is 17.3 Å². The van der Waals surface area contributed by atoms with Crippen LogP contribution < -0.4 is 5.32 Å². The van der Waals surface area contributed by atoms with Gasteiger partial charge in [0.2, 0.25) is 0 Å². The molecule has 0 saturated heterocycles. The van der Waals surface area contributed by atoms with Gasteiger partial charge in [-0.05, 0) is 13.0 Å². The molecular weight excluding hydrogens is 204 g/mol. The molecule has 0 bridgehead atoms. The highest BCUT2D eigenvalue weighted by molar-refractivity contribution is 5.54. The van der Waals surface area contributed by atoms with E-state index >= 15 is 0 Å². The fraction of sp³-hybridized carbons (Fsp3) is 0.100. The maximum absolute atomic E-state index is 4.38. The summed E-state index contributed by atoms with van der Waals surface area (Å²) < 4.78 is 1.71. The number of aromatic nitrogens is 5. The van der Waals surface area contributed by atoms with Crippen LogP contribution in [0.5, 0.6) is 0 Å². The number of nitrogens with zero attached hydrogens (tertiary/aromatic N) is 4. The van der Waals surface area contributed by atoms with Crippen molar-refractivity contribution in [2.24, 2.45) is 0 Å². The Hall–Kier alpha value is -2.37. The van der Waals surface area contributed by atoms with Crippen molar-refractivity contribution < 1.29 is 0 Å². The van der Waals surface area contributed by atoms with Crippen LogP contribution in [0.3, 0.4) is 0 Å². The average Bonchev–Trinajstić information content (AvgIpc) is 2.87. The first-order valence-electron chi connectivity index (χ1n) is 4.91. The highest BCUT2D eigenvalue weighted by atomic mass is 15.3. The molecule has 3 aromatic heterocycles. The minimum atomic E-state index is 0.750. The van der Waals surface area contributed by atoms with Crippen LogP contribution in [0.4, 0.5) is 11.6 Å². The Balaban J connectivity index is 1.94. The summed E-state index contributed by atoms with van der Waals surface area (Å²) in [7, 11) is 0. The van der Waals surface area contributed by atoms with Crippen LogP contribution in [0, 0.1) is 6.92 Å². The lowest BCUT2D eigenvalue weighted by atomic mass is 10.4. The molecule has 0 fully saturated rings. The van der Waals surface area contributed by atoms with Crippen LogP contribution in [0.25, 0.3) is 5.65 Å². The standard InChI is InChI=1S/C10H10N6/c1-7-6-9(15-14-7)12-8-3-5-16-10(13-8)2-4-11-16/h2-6H,1H3,(H2,12,13,14,15). The molecular formula is C10H10N6. The predicted octanol–water partition coefficient (Wildman–Crippen LogP) is 1.50. The molecule has 0 aliphatic carbocycles. The first-order valence-corrected chi connectivity index (χ1v) is 4.91. The topological polar surface area (TPSA) is 70.9 Å². The number of hydrogen-bond acceptors (Lipinski definition) is 4. The maximum atomic E-state index is 4.38. The summed E-state index contributed by atoms with van der Waals surface area (Å²) in [6.45, 7) is 1.95. The zero-order valence-electron chi connectivity index (χ0n) is 8.68. The third kappa shape index (κ3) is 1.50. The van der Waals surface area contributed by atoms with Crippen LogP contribution in [-0.2, 0) is 0 Å². The van der Waals surface area contributed by atoms with Crippen LogP contribution >= 0.6 is 0 Å². The number of rotatable bonds is 2. The molecule has 0 amide bonds. The van der Waals surface area contributed by atoms with Crippen molar-refractivity contribution in [3.63, 3.8) is 0 Å². The van der Waals surface area contributed by atoms with Crippen molar-refractivity contribution in [3.05, 3.63) is 36.3 Å². The summed E-state index contributed by atoms with van der Waals surface area (Å²) in [5.74, 6) is 1.51. The number of aryl methyl sites for hydroxylation is 1. The summed E-state index contributed by atoms with van der Waals surface area (Å²) in [5.41, 5.74) is 1.81. The normalized spacial score (nSPS) is 10.8. The largest absolute Gasteiger partial charge is 0.323 e. The third-order valence-electron chi connectivity index (χ3n) is 2.22. The molecule has 0 atom stereocenters. The Labute approximate surface area is 91.3 Å². The number of hydrogen-bond donors (Lipinski definition) is 2. The van der Waals surface area contributed by atoms with E-state index in [1.54, 1.807) is 10.7 Å². The maximum Gasteiger partial charge on any atom is 0.157 e. The molecule has 6 heteroatoms. The molecule has 80 valence electrons. The molecule has 0 saturated carbocycles. The Morgan fingerprint density at radius 1 is 1.31 bits per heavy atom. The highest BCUT2D eigenvalue weighted by Crippen LogP contribution is 2.13. The summed E-state index contributed by atoms with van der Waals surface area (Å²) in [6.07, 6.45) is 3.56. The van der Waals surface area contributed by atoms with Crippen LogP contribution in [0.1, 0.15) is 5.69 Å². The lowest BCUT2D eigenvalue weighted by molar-refractivity contribution is 0.940. The summed E-state index contributed by atoms with van der Waals surface area (Å²) in [4.78, 5) is 4.38. The van der Waals surface area contributed by atoms with Crippen molar-refractivity contribution in [1.29, 1.82) is 0 Å². The second kappa shape index (κ2) is 3.34. The monoisotopic (exact) mass is 214 g/mol. The van der Waals surface area contributed by atoms with Gasteiger partial charge < -0.3 is 5.32 Å². The van der Waals surface area contributed by atoms with Gasteiger partial charge in [-0.2, -0.15) is 10.2 Å². The lowest BCUT2D eigenvalue weighted by Gasteiger charge is -2.01. The van der Waals surface area contributed by atoms with Gasteiger partial charge in [0.25, 0.3) is 0 Å². The van der Waals surface area contributed by atoms with E-state index in [1.165, 1.54) is 0 Å². The number of nitrogens with one attached hydrogen (secondary N) is 2. The number of aromatic amines is 1. The van der Waals surface area contributed by atoms with E-state index in [0.717, 1.165) is 23.0 Å². The summed E-state index contributed by atoms with van der Waals surface area (Å²) in [6, 6.07) is 5.62. The lowest BCUT2D eigenvalue weighted by Crippen LogP contribution is -1.96. The van der Waals surface area contributed by atoms with Crippen LogP contribution in [0.2, 0.25) is 0 Å². The average molecular weight is 214 g/mol. The fourth-order valence-corrected chi connectivity index (χ4v) is 1.50. The van der Waals surface area contributed by atoms with Gasteiger partial charge in [0.1, 0.15) is 5.82 Å². The molecule has 0 aliphatic rings. The van der Waals surface area contributed by atoms with E-state index < -0.39 is 0 Å². The van der Waals surface area contributed by atoms with Gasteiger partial charge in [-0.15, -0.1) is 0 Å². The van der Waals surface area contributed by atoms with E-state index in [2.05, 4.69) is 25.6 Å². The van der Waals surface area contributed by atoms with Crippen molar-refractivity contribution in [2.45, 2.75) is 6.92 Å². The Kier molecular flexibility index (Phi) is 1.86. The quantitative estimate of drug-likeness (QED) is 0.678. The molecule has 0 radical (unpaired) electrons. The van der Waals surface area contributed by atoms with E-state index in [-0.39, 0.29) is 0 Å². The predicted molar refractivity (Wildman–Crippen MR) is 59.6 cm³/mol. The van der Waals surface area contributed by atoms with E-state index in [4.69, 9.17) is 0 Å². The second-order valence-corrected chi connectivity index (χ2v) is 3.51. The van der Waals surface area contributed by atoms with Gasteiger partial charge in [0.15, 0.2) is 11.5 Å². The first kappa shape index (κ1) is 8.90. The third-order valence-corrected chi connectivity index (χ3v) is 2.22. The van der Waals surface area contributed by atoms with Crippen molar-refractivity contribution in [3.8, 4) is 0 Å². The number of anilines is 2. The van der Waals surface area contributed by atoms with Crippen molar-refractivity contribution in [2.75, 3.05) is 5.32 Å². The molecule has 0 aromatic carbocycles. The molecule has 0 spiro atoms. The molecule has 0 aliphatic heterocycles. The minimum absolute atomic E-state index is 0.750. The van der Waals surface area contributed by atoms with Crippen LogP contribution in [-0.4, -0.2) is 24.8 Å². The highest BCUT2D eigenvalue weighted by Gasteiger charge is 2.01. The smallest absolute Gasteiger partial charge is 0.157 e. The molecule has 6 nitrogen and oxygen atoms in total. The van der Waals surface area contributed by atoms with Gasteiger partial charge >= 0.3 is 0 Å². The molecule has 3 rings (SSSR count). The van der Waals surface area contributed by atoms with Gasteiger partial charge in [0.05, 0.1) is 6.20 Å². The molecule has 0 unspecified atom stereocenters. The Morgan fingerprint density at radius 2 is 2.25 bits per heavy atom.